The number of aliphatic hydroxyl groups excluding tert-OH is 1. The quantitative estimate of drug-likeness (QED) is 0.0628. The monoisotopic (exact) mass is 795 g/mol. The average molecular weight is 796 g/mol. The van der Waals surface area contributed by atoms with Gasteiger partial charge in [0.1, 0.15) is 30.3 Å². The van der Waals surface area contributed by atoms with Crippen molar-refractivity contribution >= 4 is 41.0 Å². The minimum absolute atomic E-state index is 0.0203. The standard InChI is InChI=1S/C38H42FN5O13/c1-10-38(17-52-27(47)14-36(6,7)29-20(3)11-19(2)12-23(29)54-22(5)45)25(46)13-26(56-38)44-18-40-30-31(41-33(39)43-32(30)44)42-34(49)57-37(8,9)15-28(48)51-16-24-21(4)53-35(50)55-24/h1,11-12,18,25-26,46H,13-17H2,2-9H3,(H,41,42,43,49)/t25-,26+,38+/m0/s1. The molecule has 1 saturated heterocycles. The third-order valence-electron chi connectivity index (χ3n) is 9.03. The third kappa shape index (κ3) is 9.64. The maximum Gasteiger partial charge on any atom is 0.519 e. The first kappa shape index (κ1) is 42.0. The van der Waals surface area contributed by atoms with Crippen molar-refractivity contribution in [1.29, 1.82) is 0 Å². The van der Waals surface area contributed by atoms with Crippen LogP contribution in [0.15, 0.2) is 32.1 Å². The Morgan fingerprint density at radius 3 is 2.44 bits per heavy atom. The van der Waals surface area contributed by atoms with Crippen molar-refractivity contribution in [2.45, 2.75) is 110 Å². The van der Waals surface area contributed by atoms with Crippen LogP contribution >= 0.6 is 0 Å². The second-order valence-corrected chi connectivity index (χ2v) is 14.8. The second kappa shape index (κ2) is 16.2. The number of aliphatic hydroxyl groups is 1. The fourth-order valence-electron chi connectivity index (χ4n) is 6.59. The van der Waals surface area contributed by atoms with Crippen molar-refractivity contribution in [1.82, 2.24) is 19.5 Å². The molecule has 0 bridgehead atoms. The number of carbonyl (C=O) groups excluding carboxylic acids is 4. The Bertz CT molecular complexity index is 2320. The van der Waals surface area contributed by atoms with Crippen LogP contribution in [0.2, 0.25) is 0 Å². The Labute approximate surface area is 325 Å². The van der Waals surface area contributed by atoms with Gasteiger partial charge in [0.2, 0.25) is 0 Å². The SMILES string of the molecule is C#C[C@]1(COC(=O)CC(C)(C)c2c(C)cc(C)cc2OC(C)=O)O[C@@H](n2cnc3c(NC(=O)OC(C)(C)CC(=O)OCc4oc(=O)oc4C)nc(F)nc32)C[C@@H]1O. The van der Waals surface area contributed by atoms with Crippen LogP contribution in [0.4, 0.5) is 15.0 Å². The first-order valence-corrected chi connectivity index (χ1v) is 17.6. The summed E-state index contributed by atoms with van der Waals surface area (Å²) in [5, 5.41) is 13.4. The Kier molecular flexibility index (Phi) is 11.9. The molecule has 18 nitrogen and oxygen atoms in total. The molecule has 4 aromatic rings. The molecule has 57 heavy (non-hydrogen) atoms. The predicted molar refractivity (Wildman–Crippen MR) is 194 cm³/mol. The van der Waals surface area contributed by atoms with Crippen LogP contribution in [0, 0.1) is 39.2 Å². The number of imidazole rings is 1. The number of hydrogen-bond acceptors (Lipinski definition) is 16. The highest BCUT2D eigenvalue weighted by Crippen LogP contribution is 2.40. The van der Waals surface area contributed by atoms with Gasteiger partial charge in [-0.25, -0.2) is 14.6 Å². The summed E-state index contributed by atoms with van der Waals surface area (Å²) in [6.45, 7) is 12.0. The first-order chi connectivity index (χ1) is 26.6. The van der Waals surface area contributed by atoms with Gasteiger partial charge in [-0.05, 0) is 51.8 Å². The number of amides is 1. The highest BCUT2D eigenvalue weighted by molar-refractivity contribution is 5.93. The summed E-state index contributed by atoms with van der Waals surface area (Å²) in [6.07, 6.45) is 1.48. The third-order valence-corrected chi connectivity index (χ3v) is 9.03. The number of halogens is 1. The minimum atomic E-state index is -1.82. The molecule has 1 aliphatic heterocycles. The molecule has 0 spiro atoms. The number of nitrogens with one attached hydrogen (secondary N) is 1. The van der Waals surface area contributed by atoms with E-state index in [1.165, 1.54) is 38.6 Å². The fourth-order valence-corrected chi connectivity index (χ4v) is 6.59. The van der Waals surface area contributed by atoms with Crippen molar-refractivity contribution in [3.63, 3.8) is 0 Å². The molecule has 3 atom stereocenters. The predicted octanol–water partition coefficient (Wildman–Crippen LogP) is 4.39. The topological polar surface area (TPSA) is 234 Å². The number of rotatable bonds is 13. The van der Waals surface area contributed by atoms with Gasteiger partial charge in [-0.1, -0.05) is 25.8 Å². The number of nitrogens with zero attached hydrogens (tertiary/aromatic N) is 4. The molecule has 19 heteroatoms. The van der Waals surface area contributed by atoms with E-state index >= 15 is 0 Å². The molecule has 2 N–H and O–H groups in total. The van der Waals surface area contributed by atoms with Crippen molar-refractivity contribution in [2.24, 2.45) is 0 Å². The van der Waals surface area contributed by atoms with Crippen LogP contribution in [-0.4, -0.2) is 72.5 Å². The van der Waals surface area contributed by atoms with Crippen LogP contribution in [0.5, 0.6) is 5.75 Å². The number of fused-ring (bicyclic) bond motifs is 1. The summed E-state index contributed by atoms with van der Waals surface area (Å²) < 4.78 is 53.2. The molecule has 304 valence electrons. The Morgan fingerprint density at radius 1 is 1.09 bits per heavy atom. The summed E-state index contributed by atoms with van der Waals surface area (Å²) in [5.41, 5.74) is -2.04. The zero-order valence-electron chi connectivity index (χ0n) is 32.5. The normalized spacial score (nSPS) is 18.2. The first-order valence-electron chi connectivity index (χ1n) is 17.6. The lowest BCUT2D eigenvalue weighted by Gasteiger charge is -2.30. The molecule has 5 rings (SSSR count). The van der Waals surface area contributed by atoms with E-state index in [4.69, 9.17) is 38.9 Å². The van der Waals surface area contributed by atoms with E-state index in [2.05, 4.69) is 26.2 Å². The molecular weight excluding hydrogens is 753 g/mol. The Morgan fingerprint density at radius 2 is 1.79 bits per heavy atom. The molecule has 0 unspecified atom stereocenters. The summed E-state index contributed by atoms with van der Waals surface area (Å²) >= 11 is 0. The van der Waals surface area contributed by atoms with Crippen molar-refractivity contribution in [3.05, 3.63) is 63.4 Å². The molecule has 1 aliphatic rings. The van der Waals surface area contributed by atoms with Crippen molar-refractivity contribution in [2.75, 3.05) is 11.9 Å². The number of carbonyl (C=O) groups is 4. The molecule has 1 amide bonds. The van der Waals surface area contributed by atoms with E-state index in [9.17, 15) is 33.5 Å². The maximum absolute atomic E-state index is 14.8. The molecule has 1 fully saturated rings. The number of terminal acetylenes is 1. The maximum atomic E-state index is 14.8. The molecule has 0 aliphatic carbocycles. The summed E-state index contributed by atoms with van der Waals surface area (Å²) in [6, 6.07) is 3.62. The van der Waals surface area contributed by atoms with E-state index in [1.807, 2.05) is 19.9 Å². The van der Waals surface area contributed by atoms with Gasteiger partial charge in [-0.3, -0.25) is 24.3 Å². The van der Waals surface area contributed by atoms with Crippen molar-refractivity contribution < 1.29 is 61.2 Å². The van der Waals surface area contributed by atoms with E-state index in [0.717, 1.165) is 11.1 Å². The number of aromatic nitrogens is 4. The van der Waals surface area contributed by atoms with Gasteiger partial charge in [-0.15, -0.1) is 6.42 Å². The lowest BCUT2D eigenvalue weighted by molar-refractivity contribution is -0.157. The van der Waals surface area contributed by atoms with Gasteiger partial charge >= 0.3 is 35.9 Å². The smallest absolute Gasteiger partial charge is 0.461 e. The van der Waals surface area contributed by atoms with Crippen molar-refractivity contribution in [3.8, 4) is 18.1 Å². The minimum Gasteiger partial charge on any atom is -0.461 e. The molecular formula is C38H42FN5O13. The zero-order chi connectivity index (χ0) is 42.0. The van der Waals surface area contributed by atoms with E-state index in [0.29, 0.717) is 11.3 Å². The van der Waals surface area contributed by atoms with E-state index < -0.39 is 77.9 Å². The van der Waals surface area contributed by atoms with Gasteiger partial charge < -0.3 is 37.6 Å². The summed E-state index contributed by atoms with van der Waals surface area (Å²) in [4.78, 5) is 73.2. The van der Waals surface area contributed by atoms with E-state index in [1.54, 1.807) is 19.9 Å². The largest absolute Gasteiger partial charge is 0.519 e. The highest BCUT2D eigenvalue weighted by atomic mass is 19.1. The lowest BCUT2D eigenvalue weighted by atomic mass is 9.78. The molecule has 4 heterocycles. The Balaban J connectivity index is 1.24. The van der Waals surface area contributed by atoms with Gasteiger partial charge in [0.15, 0.2) is 40.7 Å². The van der Waals surface area contributed by atoms with Crippen LogP contribution in [0.25, 0.3) is 11.2 Å². The van der Waals surface area contributed by atoms with Gasteiger partial charge in [0, 0.05) is 24.3 Å². The second-order valence-electron chi connectivity index (χ2n) is 14.8. The average Bonchev–Trinajstić information content (AvgIpc) is 3.74. The molecule has 1 aromatic carbocycles. The van der Waals surface area contributed by atoms with Crippen LogP contribution in [-0.2, 0) is 45.4 Å². The number of benzene rings is 1. The highest BCUT2D eigenvalue weighted by Gasteiger charge is 2.49. The molecule has 0 saturated carbocycles. The fraction of sp³-hybridized carbons (Fsp3) is 0.474. The number of ether oxygens (including phenoxy) is 5. The molecule has 0 radical (unpaired) electrons. The zero-order valence-corrected chi connectivity index (χ0v) is 32.5. The molecule has 3 aromatic heterocycles. The number of anilines is 1. The van der Waals surface area contributed by atoms with Gasteiger partial charge in [0.25, 0.3) is 0 Å². The Hall–Kier alpha value is -6.13. The summed E-state index contributed by atoms with van der Waals surface area (Å²) in [7, 11) is 0. The number of hydrogen-bond donors (Lipinski definition) is 2. The number of aryl methyl sites for hydroxylation is 3. The summed E-state index contributed by atoms with van der Waals surface area (Å²) in [5.74, 6) is -0.430. The number of esters is 3. The van der Waals surface area contributed by atoms with E-state index in [-0.39, 0.29) is 48.0 Å². The van der Waals surface area contributed by atoms with Gasteiger partial charge in [0.05, 0.1) is 19.2 Å². The van der Waals surface area contributed by atoms with Gasteiger partial charge in [-0.2, -0.15) is 14.4 Å². The van der Waals surface area contributed by atoms with Crippen LogP contribution in [0.3, 0.4) is 0 Å². The van der Waals surface area contributed by atoms with Crippen LogP contribution < -0.4 is 15.9 Å². The van der Waals surface area contributed by atoms with Crippen LogP contribution in [0.1, 0.15) is 88.3 Å². The lowest BCUT2D eigenvalue weighted by Crippen LogP contribution is -2.43.